The van der Waals surface area contributed by atoms with Crippen molar-refractivity contribution in [1.82, 2.24) is 10.2 Å². The zero-order valence-electron chi connectivity index (χ0n) is 13.6. The Morgan fingerprint density at radius 1 is 1.24 bits per heavy atom. The normalized spacial score (nSPS) is 27.0. The zero-order valence-corrected chi connectivity index (χ0v) is 13.6. The summed E-state index contributed by atoms with van der Waals surface area (Å²) in [6.07, 6.45) is 7.99. The maximum absolute atomic E-state index is 3.90. The Bertz CT molecular complexity index is 436. The average molecular weight is 286 g/mol. The van der Waals surface area contributed by atoms with Gasteiger partial charge in [-0.25, -0.2) is 0 Å². The molecular weight excluding hydrogens is 256 g/mol. The highest BCUT2D eigenvalue weighted by atomic mass is 15.3. The number of nitrogens with one attached hydrogen (secondary N) is 1. The van der Waals surface area contributed by atoms with E-state index in [1.165, 1.54) is 57.2 Å². The third-order valence-electron chi connectivity index (χ3n) is 5.64. The molecule has 0 bridgehead atoms. The van der Waals surface area contributed by atoms with Gasteiger partial charge in [0.05, 0.1) is 0 Å². The van der Waals surface area contributed by atoms with Crippen LogP contribution in [-0.4, -0.2) is 35.6 Å². The standard InChI is InChI=1S/C19H30N2/c1-3-18-14-20-19(11-7-8-12-19)15-21(18)16(2)13-17-9-5-4-6-10-17/h4-6,9-10,16,18,20H,3,7-8,11-15H2,1-2H3. The van der Waals surface area contributed by atoms with E-state index in [-0.39, 0.29) is 0 Å². The van der Waals surface area contributed by atoms with E-state index in [9.17, 15) is 0 Å². The summed E-state index contributed by atoms with van der Waals surface area (Å²) in [5.41, 5.74) is 1.90. The Morgan fingerprint density at radius 2 is 1.95 bits per heavy atom. The van der Waals surface area contributed by atoms with Crippen molar-refractivity contribution in [2.45, 2.75) is 70.0 Å². The topological polar surface area (TPSA) is 15.3 Å². The summed E-state index contributed by atoms with van der Waals surface area (Å²) in [6.45, 7) is 7.18. The second-order valence-corrected chi connectivity index (χ2v) is 7.14. The van der Waals surface area contributed by atoms with E-state index in [1.54, 1.807) is 0 Å². The van der Waals surface area contributed by atoms with Crippen LogP contribution >= 0.6 is 0 Å². The van der Waals surface area contributed by atoms with Gasteiger partial charge in [-0.2, -0.15) is 0 Å². The maximum atomic E-state index is 3.90. The van der Waals surface area contributed by atoms with Gasteiger partial charge in [-0.15, -0.1) is 0 Å². The molecular formula is C19H30N2. The Labute approximate surface area is 129 Å². The number of hydrogen-bond donors (Lipinski definition) is 1. The lowest BCUT2D eigenvalue weighted by atomic mass is 9.89. The highest BCUT2D eigenvalue weighted by Gasteiger charge is 2.41. The largest absolute Gasteiger partial charge is 0.308 e. The van der Waals surface area contributed by atoms with E-state index >= 15 is 0 Å². The Kier molecular flexibility index (Phi) is 4.66. The van der Waals surface area contributed by atoms with Crippen LogP contribution in [-0.2, 0) is 6.42 Å². The van der Waals surface area contributed by atoms with E-state index in [2.05, 4.69) is 54.4 Å². The SMILES string of the molecule is CCC1CNC2(CCCC2)CN1C(C)Cc1ccccc1. The molecule has 1 saturated heterocycles. The summed E-state index contributed by atoms with van der Waals surface area (Å²) in [7, 11) is 0. The van der Waals surface area contributed by atoms with E-state index in [1.807, 2.05) is 0 Å². The molecule has 1 aliphatic heterocycles. The van der Waals surface area contributed by atoms with Crippen LogP contribution in [0.2, 0.25) is 0 Å². The van der Waals surface area contributed by atoms with Crippen molar-refractivity contribution in [3.63, 3.8) is 0 Å². The molecule has 1 aromatic rings. The van der Waals surface area contributed by atoms with Crippen LogP contribution in [0.3, 0.4) is 0 Å². The van der Waals surface area contributed by atoms with Gasteiger partial charge < -0.3 is 5.32 Å². The van der Waals surface area contributed by atoms with Crippen LogP contribution in [0.25, 0.3) is 0 Å². The first-order valence-corrected chi connectivity index (χ1v) is 8.77. The molecule has 2 aliphatic rings. The summed E-state index contributed by atoms with van der Waals surface area (Å²) < 4.78 is 0. The van der Waals surface area contributed by atoms with Crippen molar-refractivity contribution in [1.29, 1.82) is 0 Å². The fourth-order valence-corrected chi connectivity index (χ4v) is 4.34. The molecule has 3 rings (SSSR count). The third kappa shape index (κ3) is 3.32. The molecule has 2 atom stereocenters. The highest BCUT2D eigenvalue weighted by Crippen LogP contribution is 2.34. The second-order valence-electron chi connectivity index (χ2n) is 7.14. The van der Waals surface area contributed by atoms with E-state index in [0.29, 0.717) is 17.6 Å². The van der Waals surface area contributed by atoms with Gasteiger partial charge in [0.15, 0.2) is 0 Å². The average Bonchev–Trinajstić information content (AvgIpc) is 2.96. The summed E-state index contributed by atoms with van der Waals surface area (Å²) in [6, 6.07) is 12.3. The summed E-state index contributed by atoms with van der Waals surface area (Å²) >= 11 is 0. The Balaban J connectivity index is 1.70. The van der Waals surface area contributed by atoms with E-state index in [0.717, 1.165) is 0 Å². The number of nitrogens with zero attached hydrogens (tertiary/aromatic N) is 1. The lowest BCUT2D eigenvalue weighted by Gasteiger charge is -2.49. The minimum Gasteiger partial charge on any atom is -0.308 e. The number of benzene rings is 1. The summed E-state index contributed by atoms with van der Waals surface area (Å²) in [5, 5.41) is 3.90. The number of piperazine rings is 1. The molecule has 1 spiro atoms. The van der Waals surface area contributed by atoms with Gasteiger partial charge in [0.1, 0.15) is 0 Å². The summed E-state index contributed by atoms with van der Waals surface area (Å²) in [5.74, 6) is 0. The van der Waals surface area contributed by atoms with Gasteiger partial charge in [-0.05, 0) is 38.2 Å². The number of rotatable bonds is 4. The van der Waals surface area contributed by atoms with Crippen molar-refractivity contribution in [2.75, 3.05) is 13.1 Å². The van der Waals surface area contributed by atoms with E-state index < -0.39 is 0 Å². The molecule has 0 radical (unpaired) electrons. The zero-order chi connectivity index (χ0) is 14.7. The minimum absolute atomic E-state index is 0.427. The molecule has 1 aliphatic carbocycles. The molecule has 2 heteroatoms. The third-order valence-corrected chi connectivity index (χ3v) is 5.64. The molecule has 2 nitrogen and oxygen atoms in total. The van der Waals surface area contributed by atoms with Crippen LogP contribution in [0.5, 0.6) is 0 Å². The van der Waals surface area contributed by atoms with Crippen LogP contribution in [0, 0.1) is 0 Å². The van der Waals surface area contributed by atoms with Crippen LogP contribution in [0.4, 0.5) is 0 Å². The van der Waals surface area contributed by atoms with Crippen molar-refractivity contribution >= 4 is 0 Å². The molecule has 21 heavy (non-hydrogen) atoms. The molecule has 0 aromatic heterocycles. The lowest BCUT2D eigenvalue weighted by Crippen LogP contribution is -2.65. The van der Waals surface area contributed by atoms with Gasteiger partial charge in [-0.3, -0.25) is 4.90 Å². The fraction of sp³-hybridized carbons (Fsp3) is 0.684. The van der Waals surface area contributed by atoms with Gasteiger partial charge in [-0.1, -0.05) is 50.1 Å². The summed E-state index contributed by atoms with van der Waals surface area (Å²) in [4.78, 5) is 2.80. The molecule has 1 aromatic carbocycles. The highest BCUT2D eigenvalue weighted by molar-refractivity contribution is 5.16. The van der Waals surface area contributed by atoms with Crippen molar-refractivity contribution in [2.24, 2.45) is 0 Å². The van der Waals surface area contributed by atoms with Gasteiger partial charge in [0.25, 0.3) is 0 Å². The molecule has 1 N–H and O–H groups in total. The second kappa shape index (κ2) is 6.50. The first-order valence-electron chi connectivity index (χ1n) is 8.77. The monoisotopic (exact) mass is 286 g/mol. The Morgan fingerprint density at radius 3 is 2.62 bits per heavy atom. The first kappa shape index (κ1) is 15.1. The molecule has 2 unspecified atom stereocenters. The smallest absolute Gasteiger partial charge is 0.0309 e. The molecule has 2 fully saturated rings. The minimum atomic E-state index is 0.427. The Hall–Kier alpha value is -0.860. The molecule has 1 heterocycles. The van der Waals surface area contributed by atoms with Crippen LogP contribution in [0.15, 0.2) is 30.3 Å². The van der Waals surface area contributed by atoms with Crippen molar-refractivity contribution in [3.05, 3.63) is 35.9 Å². The fourth-order valence-electron chi connectivity index (χ4n) is 4.34. The predicted octanol–water partition coefficient (Wildman–Crippen LogP) is 3.61. The van der Waals surface area contributed by atoms with Crippen LogP contribution < -0.4 is 5.32 Å². The molecule has 1 saturated carbocycles. The molecule has 116 valence electrons. The quantitative estimate of drug-likeness (QED) is 0.909. The predicted molar refractivity (Wildman–Crippen MR) is 89.6 cm³/mol. The van der Waals surface area contributed by atoms with Gasteiger partial charge in [0.2, 0.25) is 0 Å². The number of hydrogen-bond acceptors (Lipinski definition) is 2. The van der Waals surface area contributed by atoms with Gasteiger partial charge >= 0.3 is 0 Å². The lowest BCUT2D eigenvalue weighted by molar-refractivity contribution is 0.0468. The van der Waals surface area contributed by atoms with Crippen molar-refractivity contribution in [3.8, 4) is 0 Å². The first-order chi connectivity index (χ1) is 10.2. The van der Waals surface area contributed by atoms with Crippen molar-refractivity contribution < 1.29 is 0 Å². The molecule has 0 amide bonds. The van der Waals surface area contributed by atoms with Gasteiger partial charge in [0, 0.05) is 30.7 Å². The maximum Gasteiger partial charge on any atom is 0.0309 e. The van der Waals surface area contributed by atoms with E-state index in [4.69, 9.17) is 0 Å². The van der Waals surface area contributed by atoms with Crippen LogP contribution in [0.1, 0.15) is 51.5 Å².